The number of aryl methyl sites for hydroxylation is 2. The van der Waals surface area contributed by atoms with Crippen LogP contribution in [-0.2, 0) is 0 Å². The molecule has 0 aromatic carbocycles. The summed E-state index contributed by atoms with van der Waals surface area (Å²) in [4.78, 5) is 4.37. The lowest BCUT2D eigenvalue weighted by Gasteiger charge is -2.26. The Kier molecular flexibility index (Phi) is 3.86. The van der Waals surface area contributed by atoms with Crippen molar-refractivity contribution in [3.63, 3.8) is 0 Å². The van der Waals surface area contributed by atoms with Gasteiger partial charge >= 0.3 is 0 Å². The molecule has 0 saturated heterocycles. The molecule has 18 heavy (non-hydrogen) atoms. The van der Waals surface area contributed by atoms with Crippen LogP contribution in [0.15, 0.2) is 6.07 Å². The lowest BCUT2D eigenvalue weighted by Crippen LogP contribution is -2.24. The Morgan fingerprint density at radius 2 is 1.94 bits per heavy atom. The minimum Gasteiger partial charge on any atom is -0.473 e. The van der Waals surface area contributed by atoms with Gasteiger partial charge in [0.15, 0.2) is 0 Å². The number of hydrogen-bond acceptors (Lipinski definition) is 3. The molecule has 2 rings (SSSR count). The molecule has 1 fully saturated rings. The van der Waals surface area contributed by atoms with Crippen molar-refractivity contribution < 1.29 is 4.74 Å². The minimum atomic E-state index is 0.224. The molecule has 3 heteroatoms. The molecule has 0 aliphatic heterocycles. The number of nitrogens with zero attached hydrogens (tertiary/aromatic N) is 2. The van der Waals surface area contributed by atoms with Crippen LogP contribution in [0.5, 0.6) is 5.88 Å². The van der Waals surface area contributed by atoms with Gasteiger partial charge in [-0.15, -0.1) is 0 Å². The highest BCUT2D eigenvalue weighted by molar-refractivity contribution is 5.45. The highest BCUT2D eigenvalue weighted by Crippen LogP contribution is 2.28. The number of pyridine rings is 1. The summed E-state index contributed by atoms with van der Waals surface area (Å²) in [5.74, 6) is 1.32. The second-order valence-corrected chi connectivity index (χ2v) is 5.37. The van der Waals surface area contributed by atoms with Crippen LogP contribution in [0.1, 0.15) is 49.4 Å². The van der Waals surface area contributed by atoms with Crippen LogP contribution in [0.3, 0.4) is 0 Å². The van der Waals surface area contributed by atoms with E-state index in [-0.39, 0.29) is 6.10 Å². The first-order chi connectivity index (χ1) is 8.60. The largest absolute Gasteiger partial charge is 0.473 e. The van der Waals surface area contributed by atoms with Crippen molar-refractivity contribution in [2.75, 3.05) is 0 Å². The summed E-state index contributed by atoms with van der Waals surface area (Å²) >= 11 is 0. The van der Waals surface area contributed by atoms with Crippen LogP contribution in [0.4, 0.5) is 0 Å². The molecule has 3 nitrogen and oxygen atoms in total. The van der Waals surface area contributed by atoms with E-state index in [1.807, 2.05) is 19.9 Å². The van der Waals surface area contributed by atoms with E-state index in [0.717, 1.165) is 30.0 Å². The predicted octanol–water partition coefficient (Wildman–Crippen LogP) is 3.53. The smallest absolute Gasteiger partial charge is 0.232 e. The van der Waals surface area contributed by atoms with Gasteiger partial charge in [0.2, 0.25) is 5.88 Å². The van der Waals surface area contributed by atoms with Gasteiger partial charge in [-0.05, 0) is 57.1 Å². The number of rotatable bonds is 2. The molecule has 0 N–H and O–H groups in total. The van der Waals surface area contributed by atoms with Gasteiger partial charge in [-0.1, -0.05) is 6.92 Å². The average Bonchev–Trinajstić information content (AvgIpc) is 2.32. The molecule has 1 aliphatic carbocycles. The highest BCUT2D eigenvalue weighted by atomic mass is 16.5. The molecule has 1 aliphatic rings. The second-order valence-electron chi connectivity index (χ2n) is 5.37. The van der Waals surface area contributed by atoms with E-state index in [9.17, 15) is 5.26 Å². The Hall–Kier alpha value is -1.56. The van der Waals surface area contributed by atoms with E-state index < -0.39 is 0 Å². The van der Waals surface area contributed by atoms with Crippen molar-refractivity contribution in [2.24, 2.45) is 5.92 Å². The molecule has 1 aromatic heterocycles. The molecule has 0 unspecified atom stereocenters. The second kappa shape index (κ2) is 5.39. The molecule has 1 heterocycles. The van der Waals surface area contributed by atoms with Gasteiger partial charge in [-0.25, -0.2) is 4.98 Å². The van der Waals surface area contributed by atoms with Gasteiger partial charge in [-0.3, -0.25) is 0 Å². The summed E-state index contributed by atoms with van der Waals surface area (Å²) in [6.07, 6.45) is 4.78. The number of nitriles is 1. The molecular formula is C15H20N2O. The van der Waals surface area contributed by atoms with Crippen molar-refractivity contribution in [2.45, 2.75) is 52.6 Å². The predicted molar refractivity (Wildman–Crippen MR) is 70.5 cm³/mol. The molecular weight excluding hydrogens is 224 g/mol. The van der Waals surface area contributed by atoms with E-state index in [4.69, 9.17) is 4.74 Å². The van der Waals surface area contributed by atoms with Crippen molar-refractivity contribution in [1.82, 2.24) is 4.98 Å². The summed E-state index contributed by atoms with van der Waals surface area (Å²) in [6.45, 7) is 6.15. The number of hydrogen-bond donors (Lipinski definition) is 0. The maximum Gasteiger partial charge on any atom is 0.232 e. The Labute approximate surface area is 109 Å². The first-order valence-electron chi connectivity index (χ1n) is 6.65. The van der Waals surface area contributed by atoms with Crippen LogP contribution in [0, 0.1) is 31.1 Å². The summed E-state index contributed by atoms with van der Waals surface area (Å²) in [5.41, 5.74) is 2.44. The number of aromatic nitrogens is 1. The summed E-state index contributed by atoms with van der Waals surface area (Å²) < 4.78 is 5.95. The summed E-state index contributed by atoms with van der Waals surface area (Å²) in [7, 11) is 0. The first-order valence-corrected chi connectivity index (χ1v) is 6.65. The maximum atomic E-state index is 9.19. The Morgan fingerprint density at radius 1 is 1.28 bits per heavy atom. The molecule has 0 amide bonds. The monoisotopic (exact) mass is 244 g/mol. The van der Waals surface area contributed by atoms with Crippen LogP contribution in [0.25, 0.3) is 0 Å². The van der Waals surface area contributed by atoms with Gasteiger partial charge < -0.3 is 4.74 Å². The zero-order valence-corrected chi connectivity index (χ0v) is 11.4. The van der Waals surface area contributed by atoms with Crippen LogP contribution in [0.2, 0.25) is 0 Å². The zero-order chi connectivity index (χ0) is 13.1. The summed E-state index contributed by atoms with van der Waals surface area (Å²) in [5, 5.41) is 9.19. The Morgan fingerprint density at radius 3 is 2.56 bits per heavy atom. The van der Waals surface area contributed by atoms with Crippen LogP contribution < -0.4 is 4.74 Å². The lowest BCUT2D eigenvalue weighted by molar-refractivity contribution is 0.129. The fourth-order valence-electron chi connectivity index (χ4n) is 2.53. The van der Waals surface area contributed by atoms with Crippen LogP contribution >= 0.6 is 0 Å². The van der Waals surface area contributed by atoms with E-state index in [2.05, 4.69) is 18.0 Å². The molecule has 0 radical (unpaired) electrons. The third-order valence-electron chi connectivity index (χ3n) is 3.66. The molecule has 1 saturated carbocycles. The van der Waals surface area contributed by atoms with E-state index in [0.29, 0.717) is 11.4 Å². The molecule has 0 spiro atoms. The van der Waals surface area contributed by atoms with E-state index in [1.165, 1.54) is 12.8 Å². The van der Waals surface area contributed by atoms with Crippen LogP contribution in [-0.4, -0.2) is 11.1 Å². The highest BCUT2D eigenvalue weighted by Gasteiger charge is 2.21. The van der Waals surface area contributed by atoms with Gasteiger partial charge in [0.05, 0.1) is 0 Å². The maximum absolute atomic E-state index is 9.19. The molecule has 96 valence electrons. The quantitative estimate of drug-likeness (QED) is 0.799. The standard InChI is InChI=1S/C15H20N2O/c1-10-4-6-13(7-5-10)18-15-14(9-16)11(2)8-12(3)17-15/h8,10,13H,4-7H2,1-3H3. The lowest BCUT2D eigenvalue weighted by atomic mass is 9.89. The Bertz CT molecular complexity index is 468. The zero-order valence-electron chi connectivity index (χ0n) is 11.4. The average molecular weight is 244 g/mol. The molecule has 0 bridgehead atoms. The Balaban J connectivity index is 2.16. The van der Waals surface area contributed by atoms with Crippen molar-refractivity contribution in [3.8, 4) is 11.9 Å². The van der Waals surface area contributed by atoms with Crippen molar-refractivity contribution >= 4 is 0 Å². The van der Waals surface area contributed by atoms with Crippen molar-refractivity contribution in [3.05, 3.63) is 22.9 Å². The minimum absolute atomic E-state index is 0.224. The summed E-state index contributed by atoms with van der Waals surface area (Å²) in [6, 6.07) is 4.13. The fourth-order valence-corrected chi connectivity index (χ4v) is 2.53. The normalized spacial score (nSPS) is 23.4. The topological polar surface area (TPSA) is 45.9 Å². The van der Waals surface area contributed by atoms with Gasteiger partial charge in [0.1, 0.15) is 17.7 Å². The third-order valence-corrected chi connectivity index (χ3v) is 3.66. The number of ether oxygens (including phenoxy) is 1. The van der Waals surface area contributed by atoms with Gasteiger partial charge in [0.25, 0.3) is 0 Å². The van der Waals surface area contributed by atoms with E-state index >= 15 is 0 Å². The van der Waals surface area contributed by atoms with E-state index in [1.54, 1.807) is 0 Å². The van der Waals surface area contributed by atoms with Gasteiger partial charge in [-0.2, -0.15) is 5.26 Å². The first kappa shape index (κ1) is 12.9. The molecule has 0 atom stereocenters. The molecule has 1 aromatic rings. The SMILES string of the molecule is Cc1cc(C)c(C#N)c(OC2CCC(C)CC2)n1. The fraction of sp³-hybridized carbons (Fsp3) is 0.600. The third kappa shape index (κ3) is 2.81. The van der Waals surface area contributed by atoms with Gasteiger partial charge in [0, 0.05) is 5.69 Å². The van der Waals surface area contributed by atoms with Crippen molar-refractivity contribution in [1.29, 1.82) is 5.26 Å².